The number of hydrogen-bond acceptors (Lipinski definition) is 6. The lowest BCUT2D eigenvalue weighted by Crippen LogP contribution is -2.14. The molecule has 1 amide bonds. The lowest BCUT2D eigenvalue weighted by Gasteiger charge is -2.13. The molecule has 1 aromatic heterocycles. The first-order chi connectivity index (χ1) is 17.6. The molecule has 0 spiro atoms. The average Bonchev–Trinajstić information content (AvgIpc) is 3.32. The molecule has 0 aliphatic rings. The fourth-order valence-electron chi connectivity index (χ4n) is 3.65. The van der Waals surface area contributed by atoms with Gasteiger partial charge in [-0.05, 0) is 80.3 Å². The second kappa shape index (κ2) is 10.7. The molecule has 0 saturated heterocycles. The van der Waals surface area contributed by atoms with Gasteiger partial charge in [-0.2, -0.15) is 5.10 Å². The predicted molar refractivity (Wildman–Crippen MR) is 141 cm³/mol. The third kappa shape index (κ3) is 6.25. The van der Waals surface area contributed by atoms with Gasteiger partial charge in [0, 0.05) is 23.4 Å². The van der Waals surface area contributed by atoms with Gasteiger partial charge in [-0.15, -0.1) is 0 Å². The SMILES string of the molecule is Cc1cc(C)c(C)c(Oc2cc(NC(=O)c3ccn(COc4ccc(Cl)c(C)c4)n3)cc([N+](=O)[O-])c2)c1. The molecule has 0 aliphatic carbocycles. The Morgan fingerprint density at radius 1 is 1.03 bits per heavy atom. The van der Waals surface area contributed by atoms with Crippen molar-refractivity contribution in [1.29, 1.82) is 0 Å². The molecular formula is C27H25ClN4O5. The number of halogens is 1. The minimum Gasteiger partial charge on any atom is -0.471 e. The van der Waals surface area contributed by atoms with Crippen LogP contribution < -0.4 is 14.8 Å². The normalized spacial score (nSPS) is 10.7. The van der Waals surface area contributed by atoms with Crippen molar-refractivity contribution in [2.24, 2.45) is 0 Å². The molecule has 1 N–H and O–H groups in total. The van der Waals surface area contributed by atoms with Crippen molar-refractivity contribution in [3.05, 3.63) is 104 Å². The van der Waals surface area contributed by atoms with Crippen LogP contribution in [-0.2, 0) is 6.73 Å². The van der Waals surface area contributed by atoms with Crippen molar-refractivity contribution in [2.75, 3.05) is 5.32 Å². The smallest absolute Gasteiger partial charge is 0.276 e. The number of ether oxygens (including phenoxy) is 2. The molecule has 10 heteroatoms. The zero-order valence-electron chi connectivity index (χ0n) is 20.7. The molecule has 0 fully saturated rings. The lowest BCUT2D eigenvalue weighted by molar-refractivity contribution is -0.384. The molecule has 37 heavy (non-hydrogen) atoms. The predicted octanol–water partition coefficient (Wildman–Crippen LogP) is 6.76. The quantitative estimate of drug-likeness (QED) is 0.203. The number of anilines is 1. The van der Waals surface area contributed by atoms with Crippen LogP contribution in [0.4, 0.5) is 11.4 Å². The van der Waals surface area contributed by atoms with E-state index in [4.69, 9.17) is 21.1 Å². The largest absolute Gasteiger partial charge is 0.471 e. The second-order valence-electron chi connectivity index (χ2n) is 8.66. The number of carbonyl (C=O) groups is 1. The summed E-state index contributed by atoms with van der Waals surface area (Å²) in [6.45, 7) is 7.78. The Bertz CT molecular complexity index is 1500. The Morgan fingerprint density at radius 3 is 2.54 bits per heavy atom. The highest BCUT2D eigenvalue weighted by molar-refractivity contribution is 6.31. The zero-order chi connectivity index (χ0) is 26.7. The molecule has 0 bridgehead atoms. The van der Waals surface area contributed by atoms with Crippen LogP contribution in [0, 0.1) is 37.8 Å². The summed E-state index contributed by atoms with van der Waals surface area (Å²) in [5.41, 5.74) is 3.96. The van der Waals surface area contributed by atoms with E-state index in [1.165, 1.54) is 28.9 Å². The molecule has 0 atom stereocenters. The number of nitrogens with zero attached hydrogens (tertiary/aromatic N) is 3. The number of nitrogens with one attached hydrogen (secondary N) is 1. The first-order valence-electron chi connectivity index (χ1n) is 11.4. The molecule has 0 radical (unpaired) electrons. The highest BCUT2D eigenvalue weighted by Crippen LogP contribution is 2.33. The van der Waals surface area contributed by atoms with Gasteiger partial charge in [0.1, 0.15) is 17.2 Å². The number of aryl methyl sites for hydroxylation is 3. The number of amides is 1. The van der Waals surface area contributed by atoms with E-state index in [-0.39, 0.29) is 29.5 Å². The van der Waals surface area contributed by atoms with Crippen LogP contribution in [0.15, 0.2) is 60.8 Å². The summed E-state index contributed by atoms with van der Waals surface area (Å²) < 4.78 is 13.1. The van der Waals surface area contributed by atoms with Gasteiger partial charge in [-0.25, -0.2) is 4.68 Å². The van der Waals surface area contributed by atoms with Gasteiger partial charge in [-0.3, -0.25) is 14.9 Å². The molecule has 0 unspecified atom stereocenters. The molecule has 1 heterocycles. The Kier molecular flexibility index (Phi) is 7.45. The maximum atomic E-state index is 12.8. The number of rotatable bonds is 8. The summed E-state index contributed by atoms with van der Waals surface area (Å²) in [6, 6.07) is 14.8. The number of aromatic nitrogens is 2. The number of carbonyl (C=O) groups excluding carboxylic acids is 1. The maximum absolute atomic E-state index is 12.8. The number of nitro groups is 1. The Hall–Kier alpha value is -4.37. The van der Waals surface area contributed by atoms with E-state index in [1.54, 1.807) is 24.4 Å². The lowest BCUT2D eigenvalue weighted by atomic mass is 10.1. The van der Waals surface area contributed by atoms with Crippen LogP contribution in [0.25, 0.3) is 0 Å². The monoisotopic (exact) mass is 520 g/mol. The molecule has 190 valence electrons. The summed E-state index contributed by atoms with van der Waals surface area (Å²) in [7, 11) is 0. The molecule has 4 rings (SSSR count). The fraction of sp³-hybridized carbons (Fsp3) is 0.185. The molecule has 0 aliphatic heterocycles. The number of non-ortho nitro benzene ring substituents is 1. The van der Waals surface area contributed by atoms with Crippen LogP contribution in [0.1, 0.15) is 32.7 Å². The minimum absolute atomic E-state index is 0.0818. The molecule has 9 nitrogen and oxygen atoms in total. The van der Waals surface area contributed by atoms with Gasteiger partial charge in [-0.1, -0.05) is 17.7 Å². The van der Waals surface area contributed by atoms with E-state index in [1.807, 2.05) is 39.8 Å². The second-order valence-corrected chi connectivity index (χ2v) is 9.07. The first kappa shape index (κ1) is 25.7. The number of nitro benzene ring substituents is 1. The summed E-state index contributed by atoms with van der Waals surface area (Å²) >= 11 is 6.04. The first-order valence-corrected chi connectivity index (χ1v) is 11.8. The van der Waals surface area contributed by atoms with Gasteiger partial charge in [0.05, 0.1) is 16.7 Å². The van der Waals surface area contributed by atoms with Crippen LogP contribution in [0.5, 0.6) is 17.2 Å². The highest BCUT2D eigenvalue weighted by atomic mass is 35.5. The van der Waals surface area contributed by atoms with Crippen LogP contribution in [0.2, 0.25) is 5.02 Å². The van der Waals surface area contributed by atoms with Crippen LogP contribution in [0.3, 0.4) is 0 Å². The summed E-state index contributed by atoms with van der Waals surface area (Å²) in [6.07, 6.45) is 1.60. The minimum atomic E-state index is -0.540. The molecular weight excluding hydrogens is 496 g/mol. The van der Waals surface area contributed by atoms with Crippen molar-refractivity contribution in [2.45, 2.75) is 34.4 Å². The molecule has 4 aromatic rings. The van der Waals surface area contributed by atoms with Gasteiger partial charge >= 0.3 is 0 Å². The van der Waals surface area contributed by atoms with Crippen LogP contribution >= 0.6 is 11.6 Å². The van der Waals surface area contributed by atoms with E-state index in [9.17, 15) is 14.9 Å². The van der Waals surface area contributed by atoms with E-state index in [2.05, 4.69) is 10.4 Å². The van der Waals surface area contributed by atoms with Gasteiger partial charge in [0.15, 0.2) is 12.4 Å². The molecule has 0 saturated carbocycles. The topological polar surface area (TPSA) is 109 Å². The fourth-order valence-corrected chi connectivity index (χ4v) is 3.77. The Balaban J connectivity index is 1.49. The molecule has 3 aromatic carbocycles. The highest BCUT2D eigenvalue weighted by Gasteiger charge is 2.16. The summed E-state index contributed by atoms with van der Waals surface area (Å²) in [4.78, 5) is 23.8. The third-order valence-corrected chi connectivity index (χ3v) is 6.14. The van der Waals surface area contributed by atoms with Crippen molar-refractivity contribution >= 4 is 28.9 Å². The van der Waals surface area contributed by atoms with Crippen LogP contribution in [-0.4, -0.2) is 20.6 Å². The average molecular weight is 521 g/mol. The van der Waals surface area contributed by atoms with Gasteiger partial charge in [0.2, 0.25) is 0 Å². The van der Waals surface area contributed by atoms with Crippen molar-refractivity contribution in [3.8, 4) is 17.2 Å². The van der Waals surface area contributed by atoms with Crippen molar-refractivity contribution in [3.63, 3.8) is 0 Å². The summed E-state index contributed by atoms with van der Waals surface area (Å²) in [5, 5.41) is 19.1. The van der Waals surface area contributed by atoms with Gasteiger partial charge < -0.3 is 14.8 Å². The van der Waals surface area contributed by atoms with Gasteiger partial charge in [0.25, 0.3) is 11.6 Å². The third-order valence-electron chi connectivity index (χ3n) is 5.72. The van der Waals surface area contributed by atoms with E-state index >= 15 is 0 Å². The Labute approximate surface area is 218 Å². The summed E-state index contributed by atoms with van der Waals surface area (Å²) in [5.74, 6) is 0.904. The van der Waals surface area contributed by atoms with E-state index < -0.39 is 10.8 Å². The van der Waals surface area contributed by atoms with E-state index in [0.717, 1.165) is 22.3 Å². The Morgan fingerprint density at radius 2 is 1.81 bits per heavy atom. The van der Waals surface area contributed by atoms with E-state index in [0.29, 0.717) is 16.5 Å². The van der Waals surface area contributed by atoms with Crippen molar-refractivity contribution in [1.82, 2.24) is 9.78 Å². The number of benzene rings is 3. The maximum Gasteiger partial charge on any atom is 0.276 e. The standard InChI is InChI=1S/C27H25ClN4O5/c1-16-9-17(2)19(4)26(10-16)37-23-13-20(12-21(14-23)32(34)35)29-27(33)25-7-8-31(30-25)15-36-22-5-6-24(28)18(3)11-22/h5-14H,15H2,1-4H3,(H,29,33). The van der Waals surface area contributed by atoms with Crippen molar-refractivity contribution < 1.29 is 19.2 Å². The number of hydrogen-bond donors (Lipinski definition) is 1. The zero-order valence-corrected chi connectivity index (χ0v) is 21.5.